The van der Waals surface area contributed by atoms with Gasteiger partial charge in [-0.05, 0) is 32.1 Å². The predicted octanol–water partition coefficient (Wildman–Crippen LogP) is 2.34. The zero-order valence-corrected chi connectivity index (χ0v) is 6.55. The third-order valence-corrected chi connectivity index (χ3v) is 1.85. The molecule has 1 nitrogen and oxygen atoms in total. The molecule has 0 heterocycles. The summed E-state index contributed by atoms with van der Waals surface area (Å²) in [6.07, 6.45) is 11.8. The number of hydrogen-bond acceptors (Lipinski definition) is 1. The molecule has 1 aliphatic carbocycles. The van der Waals surface area contributed by atoms with E-state index in [1.54, 1.807) is 7.11 Å². The Kier molecular flexibility index (Phi) is 3.52. The van der Waals surface area contributed by atoms with E-state index in [4.69, 9.17) is 4.74 Å². The van der Waals surface area contributed by atoms with E-state index >= 15 is 0 Å². The lowest BCUT2D eigenvalue weighted by atomic mass is 10.0. The summed E-state index contributed by atoms with van der Waals surface area (Å²) in [5.41, 5.74) is 0. The molecule has 0 N–H and O–H groups in total. The lowest BCUT2D eigenvalue weighted by molar-refractivity contribution is 0.118. The number of ether oxygens (including phenoxy) is 1. The first-order valence-electron chi connectivity index (χ1n) is 3.94. The van der Waals surface area contributed by atoms with Crippen LogP contribution in [0.3, 0.4) is 0 Å². The Hall–Kier alpha value is -0.300. The molecule has 0 bridgehead atoms. The van der Waals surface area contributed by atoms with Gasteiger partial charge in [0.05, 0.1) is 6.10 Å². The molecular formula is C9H15O. The van der Waals surface area contributed by atoms with Crippen LogP contribution in [0.1, 0.15) is 25.7 Å². The van der Waals surface area contributed by atoms with Crippen molar-refractivity contribution in [1.29, 1.82) is 0 Å². The van der Waals surface area contributed by atoms with Crippen molar-refractivity contribution in [3.8, 4) is 0 Å². The fourth-order valence-electron chi connectivity index (χ4n) is 1.21. The average Bonchev–Trinajstić information content (AvgIpc) is 1.87. The molecule has 0 aromatic rings. The van der Waals surface area contributed by atoms with E-state index in [0.717, 1.165) is 19.3 Å². The van der Waals surface area contributed by atoms with Crippen molar-refractivity contribution in [3.05, 3.63) is 18.6 Å². The van der Waals surface area contributed by atoms with Gasteiger partial charge in [0.25, 0.3) is 0 Å². The van der Waals surface area contributed by atoms with E-state index in [1.807, 2.05) is 0 Å². The van der Waals surface area contributed by atoms with Gasteiger partial charge in [0, 0.05) is 7.11 Å². The number of rotatable bonds is 1. The van der Waals surface area contributed by atoms with E-state index in [0.29, 0.717) is 6.10 Å². The molecule has 1 radical (unpaired) electrons. The van der Waals surface area contributed by atoms with Crippen molar-refractivity contribution in [2.75, 3.05) is 7.11 Å². The molecule has 0 amide bonds. The minimum absolute atomic E-state index is 0.393. The van der Waals surface area contributed by atoms with Crippen LogP contribution in [0.15, 0.2) is 12.2 Å². The molecular weight excluding hydrogens is 124 g/mol. The number of hydrogen-bond donors (Lipinski definition) is 0. The second-order valence-electron chi connectivity index (χ2n) is 2.64. The summed E-state index contributed by atoms with van der Waals surface area (Å²) in [5.74, 6) is 0. The van der Waals surface area contributed by atoms with Crippen molar-refractivity contribution in [1.82, 2.24) is 0 Å². The van der Waals surface area contributed by atoms with E-state index in [2.05, 4.69) is 18.6 Å². The molecule has 1 aliphatic rings. The molecule has 0 aliphatic heterocycles. The minimum Gasteiger partial charge on any atom is -0.381 e. The van der Waals surface area contributed by atoms with Crippen LogP contribution >= 0.6 is 0 Å². The molecule has 0 saturated heterocycles. The summed E-state index contributed by atoms with van der Waals surface area (Å²) in [4.78, 5) is 0. The van der Waals surface area contributed by atoms with Gasteiger partial charge < -0.3 is 4.74 Å². The lowest BCUT2D eigenvalue weighted by Crippen LogP contribution is -2.11. The lowest BCUT2D eigenvalue weighted by Gasteiger charge is -2.14. The van der Waals surface area contributed by atoms with Gasteiger partial charge in [0.15, 0.2) is 0 Å². The fraction of sp³-hybridized carbons (Fsp3) is 0.667. The molecule has 0 saturated carbocycles. The Morgan fingerprint density at radius 3 is 2.80 bits per heavy atom. The van der Waals surface area contributed by atoms with Gasteiger partial charge in [-0.3, -0.25) is 0 Å². The maximum absolute atomic E-state index is 5.24. The molecule has 1 unspecified atom stereocenters. The highest BCUT2D eigenvalue weighted by atomic mass is 16.5. The smallest absolute Gasteiger partial charge is 0.0606 e. The summed E-state index contributed by atoms with van der Waals surface area (Å²) < 4.78 is 5.24. The summed E-state index contributed by atoms with van der Waals surface area (Å²) >= 11 is 0. The molecule has 1 heteroatoms. The largest absolute Gasteiger partial charge is 0.381 e. The summed E-state index contributed by atoms with van der Waals surface area (Å²) in [6.45, 7) is 0. The highest BCUT2D eigenvalue weighted by Gasteiger charge is 2.06. The summed E-state index contributed by atoms with van der Waals surface area (Å²) in [6, 6.07) is 0. The van der Waals surface area contributed by atoms with E-state index < -0.39 is 0 Å². The van der Waals surface area contributed by atoms with Crippen LogP contribution in [-0.4, -0.2) is 13.2 Å². The van der Waals surface area contributed by atoms with Crippen LogP contribution in [0.4, 0.5) is 0 Å². The highest BCUT2D eigenvalue weighted by Crippen LogP contribution is 2.13. The molecule has 0 aromatic carbocycles. The first kappa shape index (κ1) is 7.80. The van der Waals surface area contributed by atoms with Crippen molar-refractivity contribution < 1.29 is 4.74 Å². The van der Waals surface area contributed by atoms with Gasteiger partial charge in [0.1, 0.15) is 0 Å². The van der Waals surface area contributed by atoms with Crippen LogP contribution < -0.4 is 0 Å². The van der Waals surface area contributed by atoms with E-state index in [-0.39, 0.29) is 0 Å². The number of methoxy groups -OCH3 is 1. The van der Waals surface area contributed by atoms with Gasteiger partial charge in [-0.15, -0.1) is 0 Å². The topological polar surface area (TPSA) is 9.23 Å². The Morgan fingerprint density at radius 1 is 1.20 bits per heavy atom. The SMILES string of the molecule is COC1[CH]CC/C=C\CC1. The molecule has 0 spiro atoms. The Morgan fingerprint density at radius 2 is 2.00 bits per heavy atom. The average molecular weight is 139 g/mol. The highest BCUT2D eigenvalue weighted by molar-refractivity contribution is 4.91. The predicted molar refractivity (Wildman–Crippen MR) is 42.7 cm³/mol. The van der Waals surface area contributed by atoms with E-state index in [1.165, 1.54) is 6.42 Å². The van der Waals surface area contributed by atoms with Crippen LogP contribution in [-0.2, 0) is 4.74 Å². The molecule has 0 fully saturated rings. The third kappa shape index (κ3) is 2.53. The van der Waals surface area contributed by atoms with Crippen LogP contribution in [0.25, 0.3) is 0 Å². The zero-order valence-electron chi connectivity index (χ0n) is 6.55. The quantitative estimate of drug-likeness (QED) is 0.507. The standard InChI is InChI=1S/C9H15O/c1-10-9-7-5-3-2-4-6-8-9/h2-3,8-9H,4-7H2,1H3/b3-2-. The second-order valence-corrected chi connectivity index (χ2v) is 2.64. The Balaban J connectivity index is 2.27. The Labute approximate surface area is 63.1 Å². The van der Waals surface area contributed by atoms with Crippen molar-refractivity contribution in [2.45, 2.75) is 31.8 Å². The monoisotopic (exact) mass is 139 g/mol. The maximum atomic E-state index is 5.24. The fourth-order valence-corrected chi connectivity index (χ4v) is 1.21. The summed E-state index contributed by atoms with van der Waals surface area (Å²) in [5, 5.41) is 0. The van der Waals surface area contributed by atoms with Crippen LogP contribution in [0.5, 0.6) is 0 Å². The van der Waals surface area contributed by atoms with Gasteiger partial charge in [-0.25, -0.2) is 0 Å². The first-order chi connectivity index (χ1) is 4.93. The van der Waals surface area contributed by atoms with E-state index in [9.17, 15) is 0 Å². The van der Waals surface area contributed by atoms with Crippen molar-refractivity contribution >= 4 is 0 Å². The third-order valence-electron chi connectivity index (χ3n) is 1.85. The molecule has 10 heavy (non-hydrogen) atoms. The van der Waals surface area contributed by atoms with Gasteiger partial charge in [-0.2, -0.15) is 0 Å². The Bertz CT molecular complexity index is 107. The zero-order chi connectivity index (χ0) is 7.23. The molecule has 57 valence electrons. The maximum Gasteiger partial charge on any atom is 0.0606 e. The normalized spacial score (nSPS) is 30.7. The van der Waals surface area contributed by atoms with Crippen molar-refractivity contribution in [2.24, 2.45) is 0 Å². The van der Waals surface area contributed by atoms with Gasteiger partial charge >= 0.3 is 0 Å². The first-order valence-corrected chi connectivity index (χ1v) is 3.94. The number of allylic oxidation sites excluding steroid dienone is 2. The second kappa shape index (κ2) is 4.51. The molecule has 0 aromatic heterocycles. The van der Waals surface area contributed by atoms with Crippen LogP contribution in [0, 0.1) is 6.42 Å². The minimum atomic E-state index is 0.393. The molecule has 1 rings (SSSR count). The van der Waals surface area contributed by atoms with Crippen LogP contribution in [0.2, 0.25) is 0 Å². The molecule has 1 atom stereocenters. The summed E-state index contributed by atoms with van der Waals surface area (Å²) in [7, 11) is 1.78. The van der Waals surface area contributed by atoms with Crippen molar-refractivity contribution in [3.63, 3.8) is 0 Å². The van der Waals surface area contributed by atoms with Gasteiger partial charge in [-0.1, -0.05) is 12.2 Å². The van der Waals surface area contributed by atoms with Gasteiger partial charge in [0.2, 0.25) is 0 Å².